The van der Waals surface area contributed by atoms with E-state index in [0.717, 1.165) is 21.5 Å². The number of hydrogen-bond donors (Lipinski definition) is 1. The van der Waals surface area contributed by atoms with Crippen molar-refractivity contribution >= 4 is 26.9 Å². The molecule has 1 saturated heterocycles. The minimum Gasteiger partial charge on any atom is -0.497 e. The van der Waals surface area contributed by atoms with Crippen LogP contribution >= 0.6 is 0 Å². The summed E-state index contributed by atoms with van der Waals surface area (Å²) in [6.07, 6.45) is 0.461. The summed E-state index contributed by atoms with van der Waals surface area (Å²) >= 11 is 0. The van der Waals surface area contributed by atoms with Gasteiger partial charge in [0.15, 0.2) is 0 Å². The molecule has 1 fully saturated rings. The zero-order valence-corrected chi connectivity index (χ0v) is 17.9. The van der Waals surface area contributed by atoms with E-state index >= 15 is 0 Å². The van der Waals surface area contributed by atoms with Gasteiger partial charge in [0.1, 0.15) is 23.6 Å². The molecule has 1 aromatic heterocycles. The van der Waals surface area contributed by atoms with E-state index in [-0.39, 0.29) is 13.0 Å². The van der Waals surface area contributed by atoms with Crippen molar-refractivity contribution in [2.75, 3.05) is 19.9 Å². The SMILES string of the molecule is COc1ccc2c(OC3C[C@@H](C(=O)O)N(S(C)(=O)=O)C3)cc(-c3ccccc3)nc2c1. The first-order valence-corrected chi connectivity index (χ1v) is 11.5. The lowest BCUT2D eigenvalue weighted by atomic mass is 10.1. The summed E-state index contributed by atoms with van der Waals surface area (Å²) < 4.78 is 36.6. The van der Waals surface area contributed by atoms with Crippen LogP contribution in [0.5, 0.6) is 11.5 Å². The zero-order chi connectivity index (χ0) is 22.2. The normalized spacial score (nSPS) is 19.4. The quantitative estimate of drug-likeness (QED) is 0.626. The van der Waals surface area contributed by atoms with Gasteiger partial charge < -0.3 is 14.6 Å². The number of aromatic nitrogens is 1. The van der Waals surface area contributed by atoms with E-state index in [0.29, 0.717) is 22.7 Å². The molecule has 9 heteroatoms. The lowest BCUT2D eigenvalue weighted by Crippen LogP contribution is -2.39. The number of methoxy groups -OCH3 is 1. The summed E-state index contributed by atoms with van der Waals surface area (Å²) in [5.74, 6) is -0.0342. The van der Waals surface area contributed by atoms with E-state index < -0.39 is 28.1 Å². The highest BCUT2D eigenvalue weighted by molar-refractivity contribution is 7.88. The number of sulfonamides is 1. The first-order chi connectivity index (χ1) is 14.8. The van der Waals surface area contributed by atoms with Gasteiger partial charge in [-0.25, -0.2) is 13.4 Å². The smallest absolute Gasteiger partial charge is 0.322 e. The van der Waals surface area contributed by atoms with Gasteiger partial charge in [-0.15, -0.1) is 0 Å². The monoisotopic (exact) mass is 442 g/mol. The molecule has 0 saturated carbocycles. The number of nitrogens with zero attached hydrogens (tertiary/aromatic N) is 2. The second-order valence-electron chi connectivity index (χ2n) is 7.42. The Morgan fingerprint density at radius 1 is 1.16 bits per heavy atom. The van der Waals surface area contributed by atoms with Crippen molar-refractivity contribution in [1.82, 2.24) is 9.29 Å². The average Bonchev–Trinajstić information content (AvgIpc) is 3.18. The van der Waals surface area contributed by atoms with Crippen molar-refractivity contribution < 1.29 is 27.8 Å². The summed E-state index contributed by atoms with van der Waals surface area (Å²) in [7, 11) is -2.11. The minimum absolute atomic E-state index is 0.0313. The van der Waals surface area contributed by atoms with Crippen molar-refractivity contribution in [1.29, 1.82) is 0 Å². The molecule has 0 spiro atoms. The molecule has 4 rings (SSSR count). The van der Waals surface area contributed by atoms with Crippen molar-refractivity contribution in [3.05, 3.63) is 54.6 Å². The van der Waals surface area contributed by atoms with Gasteiger partial charge in [0.2, 0.25) is 10.0 Å². The van der Waals surface area contributed by atoms with E-state index in [4.69, 9.17) is 14.5 Å². The number of rotatable bonds is 6. The van der Waals surface area contributed by atoms with E-state index in [1.54, 1.807) is 25.3 Å². The fourth-order valence-corrected chi connectivity index (χ4v) is 4.86. The zero-order valence-electron chi connectivity index (χ0n) is 17.1. The summed E-state index contributed by atoms with van der Waals surface area (Å²) in [5, 5.41) is 10.2. The van der Waals surface area contributed by atoms with Gasteiger partial charge in [0.05, 0.1) is 31.1 Å². The number of ether oxygens (including phenoxy) is 2. The number of carbonyl (C=O) groups is 1. The second kappa shape index (κ2) is 8.16. The van der Waals surface area contributed by atoms with Gasteiger partial charge >= 0.3 is 5.97 Å². The Hall–Kier alpha value is -3.17. The van der Waals surface area contributed by atoms with Crippen LogP contribution in [0, 0.1) is 0 Å². The fourth-order valence-electron chi connectivity index (χ4n) is 3.78. The van der Waals surface area contributed by atoms with Gasteiger partial charge in [-0.05, 0) is 12.1 Å². The standard InChI is InChI=1S/C22H22N2O6S/c1-29-15-8-9-17-19(10-15)23-18(14-6-4-3-5-7-14)12-21(17)30-16-11-20(22(25)26)24(13-16)31(2,27)28/h3-10,12,16,20H,11,13H2,1-2H3,(H,25,26)/t16?,20-/m0/s1. The molecule has 0 amide bonds. The van der Waals surface area contributed by atoms with E-state index in [1.165, 1.54) is 0 Å². The fraction of sp³-hybridized carbons (Fsp3) is 0.273. The van der Waals surface area contributed by atoms with Gasteiger partial charge in [-0.1, -0.05) is 30.3 Å². The third kappa shape index (κ3) is 4.33. The predicted octanol–water partition coefficient (Wildman–Crippen LogP) is 2.78. The number of hydrogen-bond acceptors (Lipinski definition) is 6. The molecule has 2 heterocycles. The highest BCUT2D eigenvalue weighted by Gasteiger charge is 2.43. The molecule has 3 aromatic rings. The van der Waals surface area contributed by atoms with Gasteiger partial charge in [-0.3, -0.25) is 4.79 Å². The molecule has 31 heavy (non-hydrogen) atoms. The molecule has 8 nitrogen and oxygen atoms in total. The van der Waals surface area contributed by atoms with E-state index in [9.17, 15) is 18.3 Å². The summed E-state index contributed by atoms with van der Waals surface area (Å²) in [6, 6.07) is 15.6. The number of benzene rings is 2. The molecule has 162 valence electrons. The Bertz CT molecular complexity index is 1230. The summed E-state index contributed by atoms with van der Waals surface area (Å²) in [6.45, 7) is -0.0313. The third-order valence-electron chi connectivity index (χ3n) is 5.27. The van der Waals surface area contributed by atoms with E-state index in [1.807, 2.05) is 36.4 Å². The summed E-state index contributed by atoms with van der Waals surface area (Å²) in [5.41, 5.74) is 2.23. The lowest BCUT2D eigenvalue weighted by molar-refractivity contribution is -0.140. The lowest BCUT2D eigenvalue weighted by Gasteiger charge is -2.18. The summed E-state index contributed by atoms with van der Waals surface area (Å²) in [4.78, 5) is 16.3. The van der Waals surface area contributed by atoms with E-state index in [2.05, 4.69) is 0 Å². The first kappa shape index (κ1) is 21.1. The number of carboxylic acids is 1. The van der Waals surface area contributed by atoms with Crippen molar-refractivity contribution in [3.8, 4) is 22.8 Å². The Morgan fingerprint density at radius 3 is 2.52 bits per heavy atom. The molecular formula is C22H22N2O6S. The van der Waals surface area contributed by atoms with Crippen LogP contribution in [-0.2, 0) is 14.8 Å². The van der Waals surface area contributed by atoms with Crippen molar-refractivity contribution in [2.45, 2.75) is 18.6 Å². The van der Waals surface area contributed by atoms with Crippen LogP contribution < -0.4 is 9.47 Å². The van der Waals surface area contributed by atoms with Crippen molar-refractivity contribution in [2.24, 2.45) is 0 Å². The van der Waals surface area contributed by atoms with Crippen LogP contribution in [0.25, 0.3) is 22.2 Å². The Kier molecular flexibility index (Phi) is 5.55. The van der Waals surface area contributed by atoms with Crippen LogP contribution in [0.15, 0.2) is 54.6 Å². The Morgan fingerprint density at radius 2 is 1.90 bits per heavy atom. The van der Waals surface area contributed by atoms with Crippen molar-refractivity contribution in [3.63, 3.8) is 0 Å². The second-order valence-corrected chi connectivity index (χ2v) is 9.35. The predicted molar refractivity (Wildman–Crippen MR) is 116 cm³/mol. The maximum atomic E-state index is 12.1. The molecule has 1 aliphatic rings. The number of fused-ring (bicyclic) bond motifs is 1. The van der Waals surface area contributed by atoms with Gasteiger partial charge in [0.25, 0.3) is 0 Å². The maximum Gasteiger partial charge on any atom is 0.322 e. The van der Waals surface area contributed by atoms with Gasteiger partial charge in [-0.2, -0.15) is 4.31 Å². The van der Waals surface area contributed by atoms with Crippen LogP contribution in [0.1, 0.15) is 6.42 Å². The van der Waals surface area contributed by atoms with Crippen LogP contribution in [0.4, 0.5) is 0 Å². The Labute approximate surface area is 180 Å². The Balaban J connectivity index is 1.75. The highest BCUT2D eigenvalue weighted by Crippen LogP contribution is 2.34. The molecule has 1 N–H and O–H groups in total. The van der Waals surface area contributed by atoms with Crippen LogP contribution in [0.3, 0.4) is 0 Å². The molecule has 2 aromatic carbocycles. The first-order valence-electron chi connectivity index (χ1n) is 9.67. The topological polar surface area (TPSA) is 106 Å². The number of pyridine rings is 1. The number of aliphatic carboxylic acids is 1. The third-order valence-corrected chi connectivity index (χ3v) is 6.53. The molecule has 1 aliphatic heterocycles. The van der Waals surface area contributed by atoms with Crippen LogP contribution in [0.2, 0.25) is 0 Å². The molecule has 0 radical (unpaired) electrons. The molecule has 2 atom stereocenters. The molecular weight excluding hydrogens is 420 g/mol. The van der Waals surface area contributed by atoms with Gasteiger partial charge in [0, 0.05) is 29.5 Å². The van der Waals surface area contributed by atoms with Crippen LogP contribution in [-0.4, -0.2) is 60.8 Å². The molecule has 1 unspecified atom stereocenters. The average molecular weight is 442 g/mol. The minimum atomic E-state index is -3.68. The molecule has 0 bridgehead atoms. The number of carboxylic acid groups (broad SMARTS) is 1. The highest BCUT2D eigenvalue weighted by atomic mass is 32.2. The molecule has 0 aliphatic carbocycles. The maximum absolute atomic E-state index is 12.1. The largest absolute Gasteiger partial charge is 0.497 e.